The molecule has 1 aromatic rings. The van der Waals surface area contributed by atoms with Gasteiger partial charge in [-0.1, -0.05) is 0 Å². The zero-order valence-electron chi connectivity index (χ0n) is 11.4. The van der Waals surface area contributed by atoms with Crippen LogP contribution >= 0.6 is 0 Å². The van der Waals surface area contributed by atoms with Crippen molar-refractivity contribution in [1.29, 1.82) is 0 Å². The van der Waals surface area contributed by atoms with Crippen LogP contribution in [0.4, 0.5) is 0 Å². The van der Waals surface area contributed by atoms with Crippen LogP contribution in [-0.4, -0.2) is 53.3 Å². The fourth-order valence-electron chi connectivity index (χ4n) is 2.39. The van der Waals surface area contributed by atoms with Gasteiger partial charge in [-0.3, -0.25) is 14.6 Å². The average molecular weight is 261 g/mol. The Morgan fingerprint density at radius 2 is 1.95 bits per heavy atom. The molecule has 1 aromatic heterocycles. The molecular weight excluding hydrogens is 242 g/mol. The monoisotopic (exact) mass is 261 g/mol. The van der Waals surface area contributed by atoms with Crippen LogP contribution in [-0.2, 0) is 4.79 Å². The number of rotatable bonds is 2. The van der Waals surface area contributed by atoms with E-state index in [0.29, 0.717) is 12.1 Å². The molecule has 19 heavy (non-hydrogen) atoms. The molecule has 0 radical (unpaired) electrons. The Hall–Kier alpha value is -1.91. The fourth-order valence-corrected chi connectivity index (χ4v) is 2.39. The molecule has 0 aromatic carbocycles. The van der Waals surface area contributed by atoms with Crippen molar-refractivity contribution in [3.05, 3.63) is 30.1 Å². The topological polar surface area (TPSA) is 53.5 Å². The first kappa shape index (κ1) is 13.5. The standard InChI is InChI=1S/C14H19N3O2/c1-16(2)14(19)12-5-3-4-10-17(12)13(18)11-6-8-15-9-7-11/h6-9,12H,3-5,10H2,1-2H3. The Balaban J connectivity index is 2.20. The van der Waals surface area contributed by atoms with Gasteiger partial charge in [0.1, 0.15) is 6.04 Å². The molecule has 1 aliphatic rings. The van der Waals surface area contributed by atoms with Gasteiger partial charge in [-0.25, -0.2) is 0 Å². The molecule has 2 amide bonds. The molecule has 0 N–H and O–H groups in total. The minimum Gasteiger partial charge on any atom is -0.347 e. The average Bonchev–Trinajstić information content (AvgIpc) is 2.46. The second-order valence-corrected chi connectivity index (χ2v) is 4.98. The lowest BCUT2D eigenvalue weighted by Crippen LogP contribution is -2.51. The van der Waals surface area contributed by atoms with E-state index in [1.165, 1.54) is 0 Å². The largest absolute Gasteiger partial charge is 0.347 e. The number of likely N-dealkylation sites (tertiary alicyclic amines) is 1. The number of aromatic nitrogens is 1. The SMILES string of the molecule is CN(C)C(=O)C1CCCCN1C(=O)c1ccncc1. The van der Waals surface area contributed by atoms with Gasteiger partial charge in [0.2, 0.25) is 5.91 Å². The van der Waals surface area contributed by atoms with Gasteiger partial charge < -0.3 is 9.80 Å². The Morgan fingerprint density at radius 1 is 1.26 bits per heavy atom. The van der Waals surface area contributed by atoms with Crippen LogP contribution in [0.5, 0.6) is 0 Å². The molecule has 0 aliphatic carbocycles. The first-order chi connectivity index (χ1) is 9.11. The van der Waals surface area contributed by atoms with Crippen LogP contribution in [0.25, 0.3) is 0 Å². The minimum atomic E-state index is -0.329. The minimum absolute atomic E-state index is 0.00195. The summed E-state index contributed by atoms with van der Waals surface area (Å²) in [4.78, 5) is 31.8. The van der Waals surface area contributed by atoms with Gasteiger partial charge in [-0.05, 0) is 31.4 Å². The number of hydrogen-bond acceptors (Lipinski definition) is 3. The Morgan fingerprint density at radius 3 is 2.58 bits per heavy atom. The first-order valence-electron chi connectivity index (χ1n) is 6.53. The number of pyridine rings is 1. The molecule has 0 saturated carbocycles. The predicted molar refractivity (Wildman–Crippen MR) is 71.6 cm³/mol. The van der Waals surface area contributed by atoms with E-state index in [9.17, 15) is 9.59 Å². The Bertz CT molecular complexity index is 459. The molecule has 1 unspecified atom stereocenters. The number of hydrogen-bond donors (Lipinski definition) is 0. The molecule has 102 valence electrons. The maximum Gasteiger partial charge on any atom is 0.254 e. The van der Waals surface area contributed by atoms with Gasteiger partial charge in [0.05, 0.1) is 0 Å². The van der Waals surface area contributed by atoms with Crippen molar-refractivity contribution in [2.45, 2.75) is 25.3 Å². The van der Waals surface area contributed by atoms with Crippen LogP contribution < -0.4 is 0 Å². The maximum absolute atomic E-state index is 12.5. The summed E-state index contributed by atoms with van der Waals surface area (Å²) in [5.41, 5.74) is 0.591. The molecule has 1 aliphatic heterocycles. The van der Waals surface area contributed by atoms with Crippen LogP contribution in [0.3, 0.4) is 0 Å². The van der Waals surface area contributed by atoms with Crippen LogP contribution in [0.15, 0.2) is 24.5 Å². The van der Waals surface area contributed by atoms with E-state index in [1.807, 2.05) is 0 Å². The molecule has 5 heteroatoms. The van der Waals surface area contributed by atoms with Gasteiger partial charge in [0, 0.05) is 38.6 Å². The summed E-state index contributed by atoms with van der Waals surface area (Å²) < 4.78 is 0. The first-order valence-corrected chi connectivity index (χ1v) is 6.53. The van der Waals surface area contributed by atoms with Crippen LogP contribution in [0, 0.1) is 0 Å². The van der Waals surface area contributed by atoms with E-state index in [1.54, 1.807) is 48.4 Å². The maximum atomic E-state index is 12.5. The predicted octanol–water partition coefficient (Wildman–Crippen LogP) is 1.16. The lowest BCUT2D eigenvalue weighted by atomic mass is 10.00. The highest BCUT2D eigenvalue weighted by Gasteiger charge is 2.33. The second kappa shape index (κ2) is 5.82. The highest BCUT2D eigenvalue weighted by Crippen LogP contribution is 2.20. The van der Waals surface area contributed by atoms with E-state index in [0.717, 1.165) is 19.3 Å². The fraction of sp³-hybridized carbons (Fsp3) is 0.500. The zero-order chi connectivity index (χ0) is 13.8. The third-order valence-electron chi connectivity index (χ3n) is 3.42. The summed E-state index contributed by atoms with van der Waals surface area (Å²) in [5, 5.41) is 0. The van der Waals surface area contributed by atoms with Crippen molar-refractivity contribution < 1.29 is 9.59 Å². The van der Waals surface area contributed by atoms with Crippen LogP contribution in [0.2, 0.25) is 0 Å². The molecule has 1 atom stereocenters. The van der Waals surface area contributed by atoms with Crippen molar-refractivity contribution in [2.75, 3.05) is 20.6 Å². The molecule has 2 heterocycles. The van der Waals surface area contributed by atoms with E-state index in [-0.39, 0.29) is 17.9 Å². The smallest absolute Gasteiger partial charge is 0.254 e. The number of piperidine rings is 1. The molecule has 2 rings (SSSR count). The quantitative estimate of drug-likeness (QED) is 0.803. The summed E-state index contributed by atoms with van der Waals surface area (Å²) >= 11 is 0. The number of nitrogens with zero attached hydrogens (tertiary/aromatic N) is 3. The molecule has 0 bridgehead atoms. The summed E-state index contributed by atoms with van der Waals surface area (Å²) in [7, 11) is 3.46. The van der Waals surface area contributed by atoms with Crippen molar-refractivity contribution in [1.82, 2.24) is 14.8 Å². The Kier molecular flexibility index (Phi) is 4.14. The molecule has 0 spiro atoms. The lowest BCUT2D eigenvalue weighted by Gasteiger charge is -2.36. The van der Waals surface area contributed by atoms with Gasteiger partial charge in [0.15, 0.2) is 0 Å². The lowest BCUT2D eigenvalue weighted by molar-refractivity contribution is -0.134. The van der Waals surface area contributed by atoms with E-state index >= 15 is 0 Å². The normalized spacial score (nSPS) is 19.1. The highest BCUT2D eigenvalue weighted by atomic mass is 16.2. The molecule has 5 nitrogen and oxygen atoms in total. The van der Waals surface area contributed by atoms with Gasteiger partial charge >= 0.3 is 0 Å². The van der Waals surface area contributed by atoms with Crippen molar-refractivity contribution >= 4 is 11.8 Å². The third-order valence-corrected chi connectivity index (χ3v) is 3.42. The van der Waals surface area contributed by atoms with Crippen molar-refractivity contribution in [2.24, 2.45) is 0 Å². The molecule has 1 fully saturated rings. The van der Waals surface area contributed by atoms with Crippen molar-refractivity contribution in [3.8, 4) is 0 Å². The van der Waals surface area contributed by atoms with E-state index in [2.05, 4.69) is 4.98 Å². The second-order valence-electron chi connectivity index (χ2n) is 4.98. The van der Waals surface area contributed by atoms with Crippen LogP contribution in [0.1, 0.15) is 29.6 Å². The number of carbonyl (C=O) groups is 2. The third kappa shape index (κ3) is 2.92. The van der Waals surface area contributed by atoms with Gasteiger partial charge in [-0.2, -0.15) is 0 Å². The summed E-state index contributed by atoms with van der Waals surface area (Å²) in [6.45, 7) is 0.644. The summed E-state index contributed by atoms with van der Waals surface area (Å²) in [6.07, 6.45) is 5.88. The zero-order valence-corrected chi connectivity index (χ0v) is 11.4. The molecule has 1 saturated heterocycles. The van der Waals surface area contributed by atoms with E-state index in [4.69, 9.17) is 0 Å². The summed E-state index contributed by atoms with van der Waals surface area (Å²) in [5.74, 6) is -0.0793. The van der Waals surface area contributed by atoms with Crippen molar-refractivity contribution in [3.63, 3.8) is 0 Å². The van der Waals surface area contributed by atoms with E-state index < -0.39 is 0 Å². The van der Waals surface area contributed by atoms with Gasteiger partial charge in [0.25, 0.3) is 5.91 Å². The number of likely N-dealkylation sites (N-methyl/N-ethyl adjacent to an activating group) is 1. The number of amides is 2. The Labute approximate surface area is 113 Å². The molecular formula is C14H19N3O2. The number of carbonyl (C=O) groups excluding carboxylic acids is 2. The summed E-state index contributed by atoms with van der Waals surface area (Å²) in [6, 6.07) is 3.05. The van der Waals surface area contributed by atoms with Gasteiger partial charge in [-0.15, -0.1) is 0 Å². The highest BCUT2D eigenvalue weighted by molar-refractivity contribution is 5.97.